The van der Waals surface area contributed by atoms with Crippen molar-refractivity contribution in [3.8, 4) is 5.75 Å². The van der Waals surface area contributed by atoms with Gasteiger partial charge in [0.1, 0.15) is 5.75 Å². The van der Waals surface area contributed by atoms with Crippen LogP contribution < -0.4 is 10.1 Å². The summed E-state index contributed by atoms with van der Waals surface area (Å²) in [6.45, 7) is 4.05. The molecule has 0 bridgehead atoms. The third kappa shape index (κ3) is 7.40. The molecule has 0 heterocycles. The Morgan fingerprint density at radius 1 is 1.15 bits per heavy atom. The largest absolute Gasteiger partial charge is 0.434 e. The number of nitrogens with one attached hydrogen (secondary N) is 1. The summed E-state index contributed by atoms with van der Waals surface area (Å²) in [6.07, 6.45) is 1.05. The van der Waals surface area contributed by atoms with E-state index in [4.69, 9.17) is 4.74 Å². The second-order valence-electron chi connectivity index (χ2n) is 4.96. The van der Waals surface area contributed by atoms with E-state index in [1.165, 1.54) is 0 Å². The second-order valence-corrected chi connectivity index (χ2v) is 4.96. The van der Waals surface area contributed by atoms with Crippen molar-refractivity contribution < 1.29 is 18.3 Å². The molecule has 1 N–H and O–H groups in total. The summed E-state index contributed by atoms with van der Waals surface area (Å²) in [5.41, 5.74) is 0.718. The average molecular weight is 287 g/mol. The van der Waals surface area contributed by atoms with Crippen LogP contribution in [0, 0.1) is 5.92 Å². The molecule has 1 aromatic rings. The lowest BCUT2D eigenvalue weighted by molar-refractivity contribution is -0.0505. The van der Waals surface area contributed by atoms with Crippen molar-refractivity contribution >= 4 is 0 Å². The number of alkyl halides is 2. The van der Waals surface area contributed by atoms with Crippen molar-refractivity contribution in [3.63, 3.8) is 0 Å². The number of benzene rings is 1. The summed E-state index contributed by atoms with van der Waals surface area (Å²) in [6, 6.07) is 6.79. The Bertz CT molecular complexity index is 373. The maximum Gasteiger partial charge on any atom is 0.387 e. The Kier molecular flexibility index (Phi) is 8.14. The Hall–Kier alpha value is -1.20. The van der Waals surface area contributed by atoms with E-state index in [-0.39, 0.29) is 5.75 Å². The van der Waals surface area contributed by atoms with Crippen LogP contribution in [0.2, 0.25) is 0 Å². The average Bonchev–Trinajstić information content (AvgIpc) is 2.38. The fraction of sp³-hybridized carbons (Fsp3) is 0.600. The van der Waals surface area contributed by atoms with Gasteiger partial charge in [0.2, 0.25) is 0 Å². The number of rotatable bonds is 10. The molecule has 0 fully saturated rings. The highest BCUT2D eigenvalue weighted by Gasteiger charge is 2.08. The number of hydrogen-bond acceptors (Lipinski definition) is 3. The highest BCUT2D eigenvalue weighted by Crippen LogP contribution is 2.19. The lowest BCUT2D eigenvalue weighted by atomic mass is 10.1. The van der Waals surface area contributed by atoms with Gasteiger partial charge in [-0.3, -0.25) is 0 Å². The highest BCUT2D eigenvalue weighted by atomic mass is 19.3. The number of para-hydroxylation sites is 1. The zero-order valence-corrected chi connectivity index (χ0v) is 12.1. The van der Waals surface area contributed by atoms with Crippen LogP contribution in [-0.4, -0.2) is 26.4 Å². The fourth-order valence-electron chi connectivity index (χ4n) is 1.65. The molecule has 0 aliphatic heterocycles. The maximum atomic E-state index is 12.2. The smallest absolute Gasteiger partial charge is 0.387 e. The summed E-state index contributed by atoms with van der Waals surface area (Å²) >= 11 is 0. The number of halogens is 2. The van der Waals surface area contributed by atoms with Crippen LogP contribution in [0.4, 0.5) is 8.78 Å². The minimum Gasteiger partial charge on any atom is -0.434 e. The Labute approximate surface area is 119 Å². The van der Waals surface area contributed by atoms with Gasteiger partial charge in [0, 0.05) is 25.3 Å². The molecule has 0 saturated heterocycles. The first-order valence-corrected chi connectivity index (χ1v) is 6.90. The van der Waals surface area contributed by atoms with Gasteiger partial charge in [0.15, 0.2) is 0 Å². The summed E-state index contributed by atoms with van der Waals surface area (Å²) in [4.78, 5) is 0. The first kappa shape index (κ1) is 16.9. The van der Waals surface area contributed by atoms with Gasteiger partial charge in [-0.15, -0.1) is 0 Å². The van der Waals surface area contributed by atoms with E-state index in [2.05, 4.69) is 23.9 Å². The van der Waals surface area contributed by atoms with Crippen molar-refractivity contribution in [3.05, 3.63) is 29.8 Å². The zero-order valence-electron chi connectivity index (χ0n) is 12.1. The van der Waals surface area contributed by atoms with Gasteiger partial charge < -0.3 is 14.8 Å². The van der Waals surface area contributed by atoms with Gasteiger partial charge >= 0.3 is 6.61 Å². The lowest BCUT2D eigenvalue weighted by Gasteiger charge is -2.11. The fourth-order valence-corrected chi connectivity index (χ4v) is 1.65. The molecule has 1 aromatic carbocycles. The van der Waals surface area contributed by atoms with Gasteiger partial charge in [0.05, 0.1) is 6.61 Å². The monoisotopic (exact) mass is 287 g/mol. The van der Waals surface area contributed by atoms with Crippen LogP contribution in [-0.2, 0) is 11.3 Å². The topological polar surface area (TPSA) is 30.5 Å². The third-order valence-corrected chi connectivity index (χ3v) is 2.77. The standard InChI is InChI=1S/C15H23F2NO2/c1-12(2)7-9-19-10-8-18-11-13-5-3-4-6-14(13)20-15(16)17/h3-6,12,15,18H,7-11H2,1-2H3. The van der Waals surface area contributed by atoms with Gasteiger partial charge in [-0.2, -0.15) is 8.78 Å². The lowest BCUT2D eigenvalue weighted by Crippen LogP contribution is -2.20. The minimum absolute atomic E-state index is 0.218. The molecular formula is C15H23F2NO2. The van der Waals surface area contributed by atoms with E-state index in [9.17, 15) is 8.78 Å². The molecule has 0 saturated carbocycles. The van der Waals surface area contributed by atoms with Crippen molar-refractivity contribution in [1.29, 1.82) is 0 Å². The molecule has 20 heavy (non-hydrogen) atoms. The predicted molar refractivity (Wildman–Crippen MR) is 75.1 cm³/mol. The first-order chi connectivity index (χ1) is 9.59. The van der Waals surface area contributed by atoms with Crippen LogP contribution in [0.3, 0.4) is 0 Å². The highest BCUT2D eigenvalue weighted by molar-refractivity contribution is 5.33. The summed E-state index contributed by atoms with van der Waals surface area (Å²) in [7, 11) is 0. The molecule has 1 rings (SSSR count). The summed E-state index contributed by atoms with van der Waals surface area (Å²) < 4.78 is 34.4. The summed E-state index contributed by atoms with van der Waals surface area (Å²) in [5.74, 6) is 0.858. The number of ether oxygens (including phenoxy) is 2. The second kappa shape index (κ2) is 9.66. The molecule has 114 valence electrons. The first-order valence-electron chi connectivity index (χ1n) is 6.90. The van der Waals surface area contributed by atoms with Crippen molar-refractivity contribution in [2.24, 2.45) is 5.92 Å². The van der Waals surface area contributed by atoms with Gasteiger partial charge in [-0.25, -0.2) is 0 Å². The maximum absolute atomic E-state index is 12.2. The molecule has 5 heteroatoms. The molecule has 0 aromatic heterocycles. The Morgan fingerprint density at radius 3 is 2.60 bits per heavy atom. The van der Waals surface area contributed by atoms with Crippen LogP contribution in [0.25, 0.3) is 0 Å². The molecule has 0 radical (unpaired) electrons. The molecule has 0 unspecified atom stereocenters. The SMILES string of the molecule is CC(C)CCOCCNCc1ccccc1OC(F)F. The Balaban J connectivity index is 2.21. The van der Waals surface area contributed by atoms with Crippen LogP contribution in [0.1, 0.15) is 25.8 Å². The third-order valence-electron chi connectivity index (χ3n) is 2.77. The van der Waals surface area contributed by atoms with E-state index in [1.54, 1.807) is 24.3 Å². The van der Waals surface area contributed by atoms with Gasteiger partial charge in [-0.1, -0.05) is 32.0 Å². The van der Waals surface area contributed by atoms with E-state index >= 15 is 0 Å². The van der Waals surface area contributed by atoms with Crippen molar-refractivity contribution in [2.45, 2.75) is 33.4 Å². The van der Waals surface area contributed by atoms with E-state index < -0.39 is 6.61 Å². The molecule has 0 aliphatic carbocycles. The molecule has 0 spiro atoms. The molecule has 0 amide bonds. The van der Waals surface area contributed by atoms with Gasteiger partial charge in [-0.05, 0) is 18.4 Å². The summed E-state index contributed by atoms with van der Waals surface area (Å²) in [5, 5.41) is 3.15. The number of hydrogen-bond donors (Lipinski definition) is 1. The van der Waals surface area contributed by atoms with Crippen molar-refractivity contribution in [1.82, 2.24) is 5.32 Å². The van der Waals surface area contributed by atoms with E-state index in [0.29, 0.717) is 25.6 Å². The molecule has 3 nitrogen and oxygen atoms in total. The van der Waals surface area contributed by atoms with Crippen LogP contribution >= 0.6 is 0 Å². The van der Waals surface area contributed by atoms with Crippen LogP contribution in [0.15, 0.2) is 24.3 Å². The van der Waals surface area contributed by atoms with E-state index in [0.717, 1.165) is 18.6 Å². The van der Waals surface area contributed by atoms with Gasteiger partial charge in [0.25, 0.3) is 0 Å². The van der Waals surface area contributed by atoms with Crippen molar-refractivity contribution in [2.75, 3.05) is 19.8 Å². The molecule has 0 aliphatic rings. The quantitative estimate of drug-likeness (QED) is 0.669. The van der Waals surface area contributed by atoms with Crippen LogP contribution in [0.5, 0.6) is 5.75 Å². The molecular weight excluding hydrogens is 264 g/mol. The molecule has 0 atom stereocenters. The minimum atomic E-state index is -2.80. The zero-order chi connectivity index (χ0) is 14.8. The predicted octanol–water partition coefficient (Wildman–Crippen LogP) is 3.44. The van der Waals surface area contributed by atoms with E-state index in [1.807, 2.05) is 0 Å². The Morgan fingerprint density at radius 2 is 1.90 bits per heavy atom. The normalized spacial score (nSPS) is 11.3.